The molecule has 1 saturated carbocycles. The van der Waals surface area contributed by atoms with Crippen molar-refractivity contribution in [2.24, 2.45) is 5.73 Å². The molecule has 2 atom stereocenters. The van der Waals surface area contributed by atoms with Crippen LogP contribution in [0.2, 0.25) is 5.02 Å². The Morgan fingerprint density at radius 1 is 1.06 bits per heavy atom. The van der Waals surface area contributed by atoms with Crippen molar-refractivity contribution < 1.29 is 8.42 Å². The standard InChI is InChI=1S/C23H22ClN5O2S/c24-20-13-26-23(27-16-11-10-15(25)12-16)28-22(20)19-14-29(21-9-5-4-8-18(19)21)32(30,31)17-6-2-1-3-7-17/h1-9,13-16H,10-12,25H2,(H,26,27,28)/t15-,16+/m1/s1. The number of fused-ring (bicyclic) bond motifs is 1. The third kappa shape index (κ3) is 3.74. The molecule has 164 valence electrons. The van der Waals surface area contributed by atoms with Crippen molar-refractivity contribution in [3.05, 3.63) is 72.0 Å². The van der Waals surface area contributed by atoms with Gasteiger partial charge in [0, 0.05) is 29.2 Å². The molecule has 3 N–H and O–H groups in total. The van der Waals surface area contributed by atoms with Gasteiger partial charge in [0.2, 0.25) is 5.95 Å². The molecule has 0 bridgehead atoms. The number of rotatable bonds is 5. The summed E-state index contributed by atoms with van der Waals surface area (Å²) in [6, 6.07) is 16.0. The number of nitrogens with one attached hydrogen (secondary N) is 1. The van der Waals surface area contributed by atoms with Crippen LogP contribution in [0.3, 0.4) is 0 Å². The minimum Gasteiger partial charge on any atom is -0.351 e. The fourth-order valence-electron chi connectivity index (χ4n) is 4.20. The summed E-state index contributed by atoms with van der Waals surface area (Å²) < 4.78 is 28.0. The predicted octanol–water partition coefficient (Wildman–Crippen LogP) is 4.28. The number of hydrogen-bond donors (Lipinski definition) is 2. The van der Waals surface area contributed by atoms with Gasteiger partial charge in [-0.2, -0.15) is 0 Å². The van der Waals surface area contributed by atoms with Gasteiger partial charge in [-0.15, -0.1) is 0 Å². The molecule has 7 nitrogen and oxygen atoms in total. The molecule has 0 radical (unpaired) electrons. The van der Waals surface area contributed by atoms with Crippen LogP contribution in [-0.2, 0) is 10.0 Å². The molecule has 2 aromatic carbocycles. The first kappa shape index (κ1) is 20.9. The molecule has 1 aliphatic rings. The summed E-state index contributed by atoms with van der Waals surface area (Å²) in [6.07, 6.45) is 5.89. The lowest BCUT2D eigenvalue weighted by atomic mass is 10.1. The number of nitrogens with zero attached hydrogens (tertiary/aromatic N) is 3. The third-order valence-electron chi connectivity index (χ3n) is 5.78. The normalized spacial score (nSPS) is 18.8. The van der Waals surface area contributed by atoms with E-state index in [1.807, 2.05) is 12.1 Å². The Balaban J connectivity index is 1.62. The van der Waals surface area contributed by atoms with Gasteiger partial charge in [-0.05, 0) is 37.5 Å². The average molecular weight is 468 g/mol. The number of anilines is 1. The third-order valence-corrected chi connectivity index (χ3v) is 7.75. The van der Waals surface area contributed by atoms with Gasteiger partial charge in [-0.25, -0.2) is 22.4 Å². The molecule has 0 aliphatic heterocycles. The zero-order valence-corrected chi connectivity index (χ0v) is 18.7. The first-order valence-electron chi connectivity index (χ1n) is 10.4. The SMILES string of the molecule is N[C@@H]1CC[C@H](Nc2ncc(Cl)c(-c3cn(S(=O)(=O)c4ccccc4)c4ccccc34)n2)C1. The molecule has 0 saturated heterocycles. The molecule has 2 aromatic heterocycles. The monoisotopic (exact) mass is 467 g/mol. The molecule has 0 spiro atoms. The topological polar surface area (TPSA) is 103 Å². The predicted molar refractivity (Wildman–Crippen MR) is 126 cm³/mol. The van der Waals surface area contributed by atoms with Gasteiger partial charge in [0.05, 0.1) is 27.3 Å². The minimum atomic E-state index is -3.80. The average Bonchev–Trinajstić information content (AvgIpc) is 3.39. The lowest BCUT2D eigenvalue weighted by Crippen LogP contribution is -2.21. The molecule has 9 heteroatoms. The second-order valence-corrected chi connectivity index (χ2v) is 10.2. The van der Waals surface area contributed by atoms with E-state index in [2.05, 4.69) is 15.3 Å². The summed E-state index contributed by atoms with van der Waals surface area (Å²) in [5.41, 5.74) is 7.67. The highest BCUT2D eigenvalue weighted by atomic mass is 35.5. The second kappa shape index (κ2) is 8.20. The highest BCUT2D eigenvalue weighted by molar-refractivity contribution is 7.90. The van der Waals surface area contributed by atoms with Gasteiger partial charge in [0.15, 0.2) is 0 Å². The van der Waals surface area contributed by atoms with E-state index in [-0.39, 0.29) is 17.0 Å². The Morgan fingerprint density at radius 3 is 2.56 bits per heavy atom. The van der Waals surface area contributed by atoms with Crippen molar-refractivity contribution in [2.75, 3.05) is 5.32 Å². The molecular formula is C23H22ClN5O2S. The molecule has 32 heavy (non-hydrogen) atoms. The maximum atomic E-state index is 13.4. The minimum absolute atomic E-state index is 0.181. The van der Waals surface area contributed by atoms with Crippen molar-refractivity contribution in [3.63, 3.8) is 0 Å². The molecule has 4 aromatic rings. The molecule has 0 amide bonds. The molecule has 5 rings (SSSR count). The smallest absolute Gasteiger partial charge is 0.268 e. The Kier molecular flexibility index (Phi) is 5.36. The van der Waals surface area contributed by atoms with Crippen LogP contribution < -0.4 is 11.1 Å². The van der Waals surface area contributed by atoms with Gasteiger partial charge < -0.3 is 11.1 Å². The fourth-order valence-corrected chi connectivity index (χ4v) is 5.78. The van der Waals surface area contributed by atoms with E-state index >= 15 is 0 Å². The van der Waals surface area contributed by atoms with Gasteiger partial charge in [0.25, 0.3) is 10.0 Å². The number of hydrogen-bond acceptors (Lipinski definition) is 6. The van der Waals surface area contributed by atoms with Crippen molar-refractivity contribution in [1.29, 1.82) is 0 Å². The first-order valence-corrected chi connectivity index (χ1v) is 12.2. The number of halogens is 1. The number of aromatic nitrogens is 3. The van der Waals surface area contributed by atoms with Crippen LogP contribution in [0.15, 0.2) is 71.9 Å². The summed E-state index contributed by atoms with van der Waals surface area (Å²) in [6.45, 7) is 0. The Morgan fingerprint density at radius 2 is 1.81 bits per heavy atom. The van der Waals surface area contributed by atoms with Crippen LogP contribution in [0.4, 0.5) is 5.95 Å². The van der Waals surface area contributed by atoms with Gasteiger partial charge >= 0.3 is 0 Å². The van der Waals surface area contributed by atoms with E-state index in [4.69, 9.17) is 17.3 Å². The molecule has 1 aliphatic carbocycles. The van der Waals surface area contributed by atoms with E-state index in [0.717, 1.165) is 24.6 Å². The summed E-state index contributed by atoms with van der Waals surface area (Å²) in [5, 5.41) is 4.42. The van der Waals surface area contributed by atoms with E-state index in [1.165, 1.54) is 3.97 Å². The Labute approximate surface area is 191 Å². The molecule has 1 fully saturated rings. The maximum Gasteiger partial charge on any atom is 0.268 e. The number of nitrogens with two attached hydrogens (primary N) is 1. The summed E-state index contributed by atoms with van der Waals surface area (Å²) in [7, 11) is -3.80. The van der Waals surface area contributed by atoms with Crippen LogP contribution in [-0.4, -0.2) is 34.4 Å². The lowest BCUT2D eigenvalue weighted by molar-refractivity contribution is 0.589. The lowest BCUT2D eigenvalue weighted by Gasteiger charge is -2.13. The van der Waals surface area contributed by atoms with E-state index in [1.54, 1.807) is 54.9 Å². The van der Waals surface area contributed by atoms with Gasteiger partial charge in [-0.1, -0.05) is 48.0 Å². The van der Waals surface area contributed by atoms with Crippen LogP contribution in [0.1, 0.15) is 19.3 Å². The van der Waals surface area contributed by atoms with Crippen molar-refractivity contribution >= 4 is 38.5 Å². The molecular weight excluding hydrogens is 446 g/mol. The van der Waals surface area contributed by atoms with Crippen molar-refractivity contribution in [1.82, 2.24) is 13.9 Å². The van der Waals surface area contributed by atoms with Crippen LogP contribution in [0.5, 0.6) is 0 Å². The molecule has 0 unspecified atom stereocenters. The molecule has 2 heterocycles. The Hall–Kier alpha value is -2.94. The van der Waals surface area contributed by atoms with E-state index in [0.29, 0.717) is 27.7 Å². The fraction of sp³-hybridized carbons (Fsp3) is 0.217. The van der Waals surface area contributed by atoms with Crippen LogP contribution in [0.25, 0.3) is 22.2 Å². The summed E-state index contributed by atoms with van der Waals surface area (Å²) >= 11 is 6.48. The highest BCUT2D eigenvalue weighted by Crippen LogP contribution is 2.36. The first-order chi connectivity index (χ1) is 15.4. The van der Waals surface area contributed by atoms with Crippen molar-refractivity contribution in [2.45, 2.75) is 36.2 Å². The van der Waals surface area contributed by atoms with Gasteiger partial charge in [-0.3, -0.25) is 0 Å². The summed E-state index contributed by atoms with van der Waals surface area (Å²) in [5.74, 6) is 0.450. The Bertz CT molecular complexity index is 1390. The summed E-state index contributed by atoms with van der Waals surface area (Å²) in [4.78, 5) is 9.17. The quantitative estimate of drug-likeness (QED) is 0.454. The van der Waals surface area contributed by atoms with Gasteiger partial charge in [0.1, 0.15) is 0 Å². The van der Waals surface area contributed by atoms with E-state index in [9.17, 15) is 8.42 Å². The van der Waals surface area contributed by atoms with Crippen molar-refractivity contribution in [3.8, 4) is 11.3 Å². The number of para-hydroxylation sites is 1. The second-order valence-electron chi connectivity index (χ2n) is 7.98. The maximum absolute atomic E-state index is 13.4. The zero-order valence-electron chi connectivity index (χ0n) is 17.1. The number of benzene rings is 2. The van der Waals surface area contributed by atoms with Crippen LogP contribution in [0, 0.1) is 0 Å². The zero-order chi connectivity index (χ0) is 22.3. The van der Waals surface area contributed by atoms with Crippen LogP contribution >= 0.6 is 11.6 Å². The highest BCUT2D eigenvalue weighted by Gasteiger charge is 2.25. The largest absolute Gasteiger partial charge is 0.351 e. The van der Waals surface area contributed by atoms with E-state index < -0.39 is 10.0 Å².